The predicted octanol–water partition coefficient (Wildman–Crippen LogP) is 3.68. The van der Waals surface area contributed by atoms with E-state index in [2.05, 4.69) is 21.9 Å². The Bertz CT molecular complexity index is 1330. The van der Waals surface area contributed by atoms with Gasteiger partial charge in [0.05, 0.1) is 41.7 Å². The average molecular weight is 514 g/mol. The molecule has 0 saturated carbocycles. The van der Waals surface area contributed by atoms with Gasteiger partial charge < -0.3 is 14.7 Å². The molecule has 1 N–H and O–H groups in total. The summed E-state index contributed by atoms with van der Waals surface area (Å²) >= 11 is 6.02. The summed E-state index contributed by atoms with van der Waals surface area (Å²) in [5.74, 6) is 0.123. The monoisotopic (exact) mass is 513 g/mol. The molecular formula is C26H29ClFN5O3. The Morgan fingerprint density at radius 2 is 2.14 bits per heavy atom. The topological polar surface area (TPSA) is 83.2 Å². The number of carbonyl (C=O) groups is 1. The number of hydrogen-bond acceptors (Lipinski definition) is 6. The van der Waals surface area contributed by atoms with Gasteiger partial charge in [-0.25, -0.2) is 13.9 Å². The van der Waals surface area contributed by atoms with Gasteiger partial charge in [-0.05, 0) is 37.8 Å². The van der Waals surface area contributed by atoms with Crippen molar-refractivity contribution in [3.63, 3.8) is 0 Å². The zero-order chi connectivity index (χ0) is 25.1. The number of ether oxygens (including phenoxy) is 1. The number of benzene rings is 1. The third kappa shape index (κ3) is 4.13. The molecule has 3 aliphatic rings. The molecule has 3 aliphatic heterocycles. The molecule has 36 heavy (non-hydrogen) atoms. The first-order chi connectivity index (χ1) is 17.3. The maximum Gasteiger partial charge on any atom is 0.258 e. The van der Waals surface area contributed by atoms with Crippen LogP contribution in [-0.2, 0) is 13.1 Å². The van der Waals surface area contributed by atoms with Crippen LogP contribution in [0.1, 0.15) is 54.7 Å². The van der Waals surface area contributed by atoms with Crippen LogP contribution in [0.3, 0.4) is 0 Å². The number of amides is 1. The van der Waals surface area contributed by atoms with Crippen molar-refractivity contribution < 1.29 is 19.0 Å². The van der Waals surface area contributed by atoms with E-state index >= 15 is 0 Å². The lowest BCUT2D eigenvalue weighted by atomic mass is 9.96. The van der Waals surface area contributed by atoms with Crippen molar-refractivity contribution in [3.05, 3.63) is 58.3 Å². The van der Waals surface area contributed by atoms with Crippen LogP contribution in [0.5, 0.6) is 5.75 Å². The second kappa shape index (κ2) is 8.97. The van der Waals surface area contributed by atoms with Gasteiger partial charge >= 0.3 is 0 Å². The van der Waals surface area contributed by atoms with Crippen molar-refractivity contribution in [2.24, 2.45) is 5.92 Å². The molecule has 8 nitrogen and oxygen atoms in total. The van der Waals surface area contributed by atoms with Gasteiger partial charge in [0.2, 0.25) is 0 Å². The van der Waals surface area contributed by atoms with Gasteiger partial charge in [0, 0.05) is 42.9 Å². The highest BCUT2D eigenvalue weighted by atomic mass is 35.5. The van der Waals surface area contributed by atoms with E-state index in [4.69, 9.17) is 16.3 Å². The third-order valence-electron chi connectivity index (χ3n) is 7.77. The summed E-state index contributed by atoms with van der Waals surface area (Å²) in [6, 6.07) is 4.75. The van der Waals surface area contributed by atoms with Crippen LogP contribution in [0.4, 0.5) is 4.39 Å². The molecule has 1 amide bonds. The molecule has 0 radical (unpaired) electrons. The maximum atomic E-state index is 14.3. The Morgan fingerprint density at radius 3 is 2.92 bits per heavy atom. The Hall–Kier alpha value is -2.75. The van der Waals surface area contributed by atoms with E-state index in [1.54, 1.807) is 21.8 Å². The van der Waals surface area contributed by atoms with Gasteiger partial charge in [0.25, 0.3) is 5.91 Å². The summed E-state index contributed by atoms with van der Waals surface area (Å²) < 4.78 is 22.3. The first kappa shape index (κ1) is 23.6. The highest BCUT2D eigenvalue weighted by Gasteiger charge is 2.46. The molecule has 10 heteroatoms. The van der Waals surface area contributed by atoms with Crippen LogP contribution in [-0.4, -0.2) is 66.2 Å². The molecule has 1 unspecified atom stereocenters. The molecule has 3 aromatic rings. The van der Waals surface area contributed by atoms with E-state index in [1.807, 2.05) is 6.92 Å². The number of rotatable bonds is 5. The number of halogens is 2. The Balaban J connectivity index is 1.21. The van der Waals surface area contributed by atoms with Gasteiger partial charge in [-0.1, -0.05) is 18.5 Å². The maximum absolute atomic E-state index is 14.3. The van der Waals surface area contributed by atoms with Gasteiger partial charge in [-0.2, -0.15) is 5.10 Å². The number of nitrogens with zero attached hydrogens (tertiary/aromatic N) is 5. The van der Waals surface area contributed by atoms with Crippen molar-refractivity contribution >= 4 is 23.2 Å². The highest BCUT2D eigenvalue weighted by molar-refractivity contribution is 6.30. The summed E-state index contributed by atoms with van der Waals surface area (Å²) in [4.78, 5) is 22.0. The molecule has 6 rings (SSSR count). The molecule has 190 valence electrons. The molecule has 2 bridgehead atoms. The lowest BCUT2D eigenvalue weighted by molar-refractivity contribution is 0.0167. The SMILES string of the molecule is CC(O)CN1[C@@H]2C[C@@H](Oc3cc(F)ccc3C(=O)N3Cc4nn5cc(Cl)cnc5c4C3)C[C@H]1[C@H](C)C2. The average Bonchev–Trinajstić information content (AvgIpc) is 3.41. The Morgan fingerprint density at radius 1 is 1.31 bits per heavy atom. The molecule has 5 heterocycles. The number of piperidine rings is 1. The lowest BCUT2D eigenvalue weighted by Gasteiger charge is -2.40. The van der Waals surface area contributed by atoms with Crippen LogP contribution in [0.15, 0.2) is 30.6 Å². The normalized spacial score (nSPS) is 26.4. The molecule has 5 atom stereocenters. The summed E-state index contributed by atoms with van der Waals surface area (Å²) in [6.07, 6.45) is 5.39. The minimum absolute atomic E-state index is 0.113. The lowest BCUT2D eigenvalue weighted by Crippen LogP contribution is -2.49. The van der Waals surface area contributed by atoms with Crippen molar-refractivity contribution in [2.75, 3.05) is 6.54 Å². The largest absolute Gasteiger partial charge is 0.489 e. The fourth-order valence-electron chi connectivity index (χ4n) is 6.26. The van der Waals surface area contributed by atoms with Crippen molar-refractivity contribution in [3.8, 4) is 5.75 Å². The van der Waals surface area contributed by atoms with Gasteiger partial charge in [0.1, 0.15) is 17.7 Å². The quantitative estimate of drug-likeness (QED) is 0.560. The number of fused-ring (bicyclic) bond motifs is 5. The summed E-state index contributed by atoms with van der Waals surface area (Å²) in [7, 11) is 0. The number of aliphatic hydroxyl groups excluding tert-OH is 1. The second-order valence-corrected chi connectivity index (χ2v) is 10.9. The fourth-order valence-corrected chi connectivity index (χ4v) is 6.40. The van der Waals surface area contributed by atoms with Gasteiger partial charge in [0.15, 0.2) is 5.65 Å². The van der Waals surface area contributed by atoms with E-state index in [9.17, 15) is 14.3 Å². The van der Waals surface area contributed by atoms with Crippen molar-refractivity contribution in [1.29, 1.82) is 0 Å². The van der Waals surface area contributed by atoms with E-state index in [1.165, 1.54) is 18.2 Å². The predicted molar refractivity (Wildman–Crippen MR) is 131 cm³/mol. The molecule has 2 aromatic heterocycles. The first-order valence-electron chi connectivity index (χ1n) is 12.5. The molecule has 1 aromatic carbocycles. The minimum atomic E-state index is -0.437. The minimum Gasteiger partial charge on any atom is -0.489 e. The zero-order valence-corrected chi connectivity index (χ0v) is 21.0. The number of hydrogen-bond donors (Lipinski definition) is 1. The van der Waals surface area contributed by atoms with Gasteiger partial charge in [-0.3, -0.25) is 9.69 Å². The van der Waals surface area contributed by atoms with E-state index in [-0.39, 0.29) is 23.9 Å². The molecule has 2 saturated heterocycles. The third-order valence-corrected chi connectivity index (χ3v) is 7.97. The Kier molecular flexibility index (Phi) is 5.89. The zero-order valence-electron chi connectivity index (χ0n) is 20.3. The number of carbonyl (C=O) groups excluding carboxylic acids is 1. The Labute approximate surface area is 213 Å². The molecule has 0 aliphatic carbocycles. The molecular weight excluding hydrogens is 485 g/mol. The van der Waals surface area contributed by atoms with Gasteiger partial charge in [-0.15, -0.1) is 0 Å². The number of aromatic nitrogens is 3. The highest BCUT2D eigenvalue weighted by Crippen LogP contribution is 2.41. The van der Waals surface area contributed by atoms with Crippen LogP contribution in [0, 0.1) is 11.7 Å². The number of aliphatic hydroxyl groups is 1. The van der Waals surface area contributed by atoms with E-state index in [0.29, 0.717) is 53.9 Å². The van der Waals surface area contributed by atoms with Crippen molar-refractivity contribution in [1.82, 2.24) is 24.4 Å². The summed E-state index contributed by atoms with van der Waals surface area (Å²) in [5, 5.41) is 15.0. The van der Waals surface area contributed by atoms with Crippen LogP contribution < -0.4 is 4.74 Å². The summed E-state index contributed by atoms with van der Waals surface area (Å²) in [5.41, 5.74) is 2.69. The van der Waals surface area contributed by atoms with E-state index in [0.717, 1.165) is 30.5 Å². The smallest absolute Gasteiger partial charge is 0.258 e. The van der Waals surface area contributed by atoms with Crippen LogP contribution in [0.25, 0.3) is 5.65 Å². The molecule has 0 spiro atoms. The first-order valence-corrected chi connectivity index (χ1v) is 12.9. The van der Waals surface area contributed by atoms with Crippen LogP contribution >= 0.6 is 11.6 Å². The van der Waals surface area contributed by atoms with E-state index < -0.39 is 5.82 Å². The second-order valence-electron chi connectivity index (χ2n) is 10.5. The van der Waals surface area contributed by atoms with Crippen molar-refractivity contribution in [2.45, 2.75) is 70.5 Å². The fraction of sp³-hybridized carbons (Fsp3) is 0.500. The molecule has 2 fully saturated rings. The summed E-state index contributed by atoms with van der Waals surface area (Å²) in [6.45, 7) is 5.41. The van der Waals surface area contributed by atoms with Crippen LogP contribution in [0.2, 0.25) is 5.02 Å². The standard InChI is InChI=1S/C26H29ClFN5O3/c1-14-5-18-7-19(8-23(14)32(18)10-15(2)34)36-24-6-17(28)3-4-20(24)26(35)31-12-21-22(13-31)30-33-11-16(27)9-29-25(21)33/h3-4,6,9,11,14-15,18-19,23,34H,5,7-8,10,12-13H2,1-2H3/t14-,15?,18+,19-,23+/m1/s1.